The SMILES string of the molecule is O=C1C2C=CC(O)=CC2C(=O)N1C1CCC(O)NC1O. The summed E-state index contributed by atoms with van der Waals surface area (Å²) < 4.78 is 0. The molecule has 0 bridgehead atoms. The van der Waals surface area contributed by atoms with E-state index in [0.29, 0.717) is 12.8 Å². The number of hydrogen-bond donors (Lipinski definition) is 4. The Kier molecular flexibility index (Phi) is 3.12. The fourth-order valence-electron chi connectivity index (χ4n) is 3.03. The first-order chi connectivity index (χ1) is 9.49. The molecule has 2 aliphatic heterocycles. The Morgan fingerprint density at radius 3 is 2.55 bits per heavy atom. The molecule has 2 amide bonds. The van der Waals surface area contributed by atoms with Gasteiger partial charge in [-0.1, -0.05) is 6.08 Å². The zero-order valence-corrected chi connectivity index (χ0v) is 10.6. The molecule has 108 valence electrons. The van der Waals surface area contributed by atoms with Gasteiger partial charge in [0.15, 0.2) is 0 Å². The molecule has 5 atom stereocenters. The number of amides is 2. The number of carbonyl (C=O) groups is 2. The molecule has 0 radical (unpaired) electrons. The molecule has 1 aliphatic carbocycles. The molecule has 2 heterocycles. The third kappa shape index (κ3) is 1.94. The first kappa shape index (κ1) is 13.3. The molecule has 5 unspecified atom stereocenters. The van der Waals surface area contributed by atoms with Gasteiger partial charge < -0.3 is 15.3 Å². The minimum absolute atomic E-state index is 0.0352. The molecular formula is C13H16N2O5. The summed E-state index contributed by atoms with van der Waals surface area (Å²) >= 11 is 0. The van der Waals surface area contributed by atoms with Crippen LogP contribution in [-0.4, -0.2) is 50.5 Å². The zero-order valence-electron chi connectivity index (χ0n) is 10.6. The Morgan fingerprint density at radius 1 is 1.15 bits per heavy atom. The maximum absolute atomic E-state index is 12.3. The predicted molar refractivity (Wildman–Crippen MR) is 66.9 cm³/mol. The Balaban J connectivity index is 1.86. The van der Waals surface area contributed by atoms with E-state index < -0.39 is 36.2 Å². The monoisotopic (exact) mass is 280 g/mol. The van der Waals surface area contributed by atoms with E-state index >= 15 is 0 Å². The fraction of sp³-hybridized carbons (Fsp3) is 0.538. The largest absolute Gasteiger partial charge is 0.508 e. The van der Waals surface area contributed by atoms with Gasteiger partial charge in [-0.25, -0.2) is 0 Å². The van der Waals surface area contributed by atoms with E-state index in [1.54, 1.807) is 0 Å². The van der Waals surface area contributed by atoms with Crippen LogP contribution in [0.4, 0.5) is 0 Å². The summed E-state index contributed by atoms with van der Waals surface area (Å²) in [6.07, 6.45) is 2.99. The summed E-state index contributed by atoms with van der Waals surface area (Å²) in [4.78, 5) is 25.7. The van der Waals surface area contributed by atoms with E-state index in [0.717, 1.165) is 4.90 Å². The number of rotatable bonds is 1. The Bertz CT molecular complexity index is 515. The van der Waals surface area contributed by atoms with Crippen LogP contribution in [-0.2, 0) is 9.59 Å². The van der Waals surface area contributed by atoms with Crippen molar-refractivity contribution in [2.24, 2.45) is 11.8 Å². The summed E-state index contributed by atoms with van der Waals surface area (Å²) in [6.45, 7) is 0. The number of carbonyl (C=O) groups excluding carboxylic acids is 2. The van der Waals surface area contributed by atoms with Gasteiger partial charge in [-0.05, 0) is 25.0 Å². The molecule has 2 fully saturated rings. The highest BCUT2D eigenvalue weighted by Crippen LogP contribution is 2.35. The van der Waals surface area contributed by atoms with Crippen molar-refractivity contribution in [3.05, 3.63) is 24.0 Å². The summed E-state index contributed by atoms with van der Waals surface area (Å²) in [5.41, 5.74) is 0. The number of piperidine rings is 1. The number of nitrogens with zero attached hydrogens (tertiary/aromatic N) is 1. The second-order valence-corrected chi connectivity index (χ2v) is 5.32. The van der Waals surface area contributed by atoms with Gasteiger partial charge in [0.2, 0.25) is 11.8 Å². The van der Waals surface area contributed by atoms with Crippen LogP contribution in [0, 0.1) is 11.8 Å². The topological polar surface area (TPSA) is 110 Å². The molecule has 4 N–H and O–H groups in total. The van der Waals surface area contributed by atoms with Gasteiger partial charge in [-0.3, -0.25) is 19.8 Å². The van der Waals surface area contributed by atoms with Crippen LogP contribution in [0.2, 0.25) is 0 Å². The van der Waals surface area contributed by atoms with Gasteiger partial charge >= 0.3 is 0 Å². The lowest BCUT2D eigenvalue weighted by Gasteiger charge is -2.36. The van der Waals surface area contributed by atoms with Crippen LogP contribution in [0.25, 0.3) is 0 Å². The number of hydrogen-bond acceptors (Lipinski definition) is 6. The van der Waals surface area contributed by atoms with Gasteiger partial charge in [0.1, 0.15) is 18.2 Å². The van der Waals surface area contributed by atoms with Gasteiger partial charge in [0.05, 0.1) is 17.9 Å². The van der Waals surface area contributed by atoms with Gasteiger partial charge in [0.25, 0.3) is 0 Å². The lowest BCUT2D eigenvalue weighted by Crippen LogP contribution is -2.58. The normalized spacial score (nSPS) is 40.8. The average molecular weight is 280 g/mol. The highest BCUT2D eigenvalue weighted by atomic mass is 16.3. The van der Waals surface area contributed by atoms with Gasteiger partial charge in [0, 0.05) is 0 Å². The van der Waals surface area contributed by atoms with E-state index in [-0.39, 0.29) is 11.7 Å². The molecular weight excluding hydrogens is 264 g/mol. The Hall–Kier alpha value is -1.70. The van der Waals surface area contributed by atoms with E-state index in [1.807, 2.05) is 0 Å². The summed E-state index contributed by atoms with van der Waals surface area (Å²) in [6, 6.07) is -0.687. The smallest absolute Gasteiger partial charge is 0.237 e. The minimum Gasteiger partial charge on any atom is -0.508 e. The van der Waals surface area contributed by atoms with Crippen molar-refractivity contribution < 1.29 is 24.9 Å². The van der Waals surface area contributed by atoms with Crippen LogP contribution >= 0.6 is 0 Å². The fourth-order valence-corrected chi connectivity index (χ4v) is 3.03. The van der Waals surface area contributed by atoms with Crippen LogP contribution in [0.1, 0.15) is 12.8 Å². The third-order valence-corrected chi connectivity index (χ3v) is 4.05. The first-order valence-corrected chi connectivity index (χ1v) is 6.57. The molecule has 0 aromatic rings. The number of allylic oxidation sites excluding steroid dienone is 1. The number of imide groups is 1. The maximum atomic E-state index is 12.3. The minimum atomic E-state index is -1.15. The quantitative estimate of drug-likeness (QED) is 0.458. The molecule has 2 saturated heterocycles. The number of aliphatic hydroxyl groups is 3. The number of fused-ring (bicyclic) bond motifs is 1. The van der Waals surface area contributed by atoms with Crippen molar-refractivity contribution in [2.45, 2.75) is 31.3 Å². The number of nitrogens with one attached hydrogen (secondary N) is 1. The van der Waals surface area contributed by atoms with E-state index in [9.17, 15) is 24.9 Å². The summed E-state index contributed by atoms with van der Waals surface area (Å²) in [5.74, 6) is -2.14. The molecule has 3 aliphatic rings. The number of aliphatic hydroxyl groups excluding tert-OH is 3. The molecule has 0 saturated carbocycles. The Labute approximate surface area is 115 Å². The second kappa shape index (κ2) is 4.69. The van der Waals surface area contributed by atoms with Crippen molar-refractivity contribution in [1.82, 2.24) is 10.2 Å². The zero-order chi connectivity index (χ0) is 14.4. The van der Waals surface area contributed by atoms with Crippen molar-refractivity contribution in [2.75, 3.05) is 0 Å². The van der Waals surface area contributed by atoms with E-state index in [1.165, 1.54) is 18.2 Å². The standard InChI is InChI=1S/C13H16N2O5/c16-6-1-2-7-8(5-6)13(20)15(12(7)19)9-3-4-10(17)14-11(9)18/h1-2,5,7-11,14,16-18H,3-4H2. The molecule has 20 heavy (non-hydrogen) atoms. The van der Waals surface area contributed by atoms with E-state index in [4.69, 9.17) is 0 Å². The highest BCUT2D eigenvalue weighted by Gasteiger charge is 2.51. The van der Waals surface area contributed by atoms with Crippen LogP contribution < -0.4 is 5.32 Å². The van der Waals surface area contributed by atoms with Crippen molar-refractivity contribution >= 4 is 11.8 Å². The summed E-state index contributed by atoms with van der Waals surface area (Å²) in [7, 11) is 0. The lowest BCUT2D eigenvalue weighted by atomic mass is 9.90. The summed E-state index contributed by atoms with van der Waals surface area (Å²) in [5, 5.41) is 31.3. The second-order valence-electron chi connectivity index (χ2n) is 5.32. The maximum Gasteiger partial charge on any atom is 0.237 e. The Morgan fingerprint density at radius 2 is 1.85 bits per heavy atom. The average Bonchev–Trinajstić information content (AvgIpc) is 2.63. The highest BCUT2D eigenvalue weighted by molar-refractivity contribution is 6.07. The van der Waals surface area contributed by atoms with Crippen LogP contribution in [0.3, 0.4) is 0 Å². The molecule has 0 spiro atoms. The van der Waals surface area contributed by atoms with Gasteiger partial charge in [-0.15, -0.1) is 0 Å². The van der Waals surface area contributed by atoms with Gasteiger partial charge in [-0.2, -0.15) is 0 Å². The first-order valence-electron chi connectivity index (χ1n) is 6.57. The third-order valence-electron chi connectivity index (χ3n) is 4.05. The van der Waals surface area contributed by atoms with Crippen LogP contribution in [0.5, 0.6) is 0 Å². The van der Waals surface area contributed by atoms with Crippen molar-refractivity contribution in [3.8, 4) is 0 Å². The molecule has 0 aromatic heterocycles. The molecule has 3 rings (SSSR count). The lowest BCUT2D eigenvalue weighted by molar-refractivity contribution is -0.149. The molecule has 0 aromatic carbocycles. The molecule has 7 nitrogen and oxygen atoms in total. The van der Waals surface area contributed by atoms with Crippen LogP contribution in [0.15, 0.2) is 24.0 Å². The number of likely N-dealkylation sites (tertiary alicyclic amines) is 1. The predicted octanol–water partition coefficient (Wildman–Crippen LogP) is -1.01. The van der Waals surface area contributed by atoms with Crippen molar-refractivity contribution in [3.63, 3.8) is 0 Å². The molecule has 7 heteroatoms. The van der Waals surface area contributed by atoms with Crippen molar-refractivity contribution in [1.29, 1.82) is 0 Å². The van der Waals surface area contributed by atoms with E-state index in [2.05, 4.69) is 5.32 Å².